The lowest BCUT2D eigenvalue weighted by Crippen LogP contribution is -2.18. The van der Waals surface area contributed by atoms with Crippen molar-refractivity contribution in [3.63, 3.8) is 0 Å². The third-order valence-corrected chi connectivity index (χ3v) is 4.11. The largest absolute Gasteiger partial charge is 0.496 e. The number of aromatic nitrogens is 2. The van der Waals surface area contributed by atoms with Crippen LogP contribution in [0.2, 0.25) is 0 Å². The number of benzene rings is 2. The van der Waals surface area contributed by atoms with Crippen molar-refractivity contribution in [2.75, 3.05) is 21.3 Å². The van der Waals surface area contributed by atoms with Crippen LogP contribution in [0.15, 0.2) is 46.3 Å². The van der Waals surface area contributed by atoms with Gasteiger partial charge in [0.1, 0.15) is 17.2 Å². The highest BCUT2D eigenvalue weighted by Crippen LogP contribution is 2.32. The summed E-state index contributed by atoms with van der Waals surface area (Å²) in [5.41, 5.74) is 0.908. The first-order valence-corrected chi connectivity index (χ1v) is 8.08. The van der Waals surface area contributed by atoms with Gasteiger partial charge in [-0.05, 0) is 24.4 Å². The lowest BCUT2D eigenvalue weighted by molar-refractivity contribution is 0.374. The summed E-state index contributed by atoms with van der Waals surface area (Å²) in [6.07, 6.45) is 1.47. The summed E-state index contributed by atoms with van der Waals surface area (Å²) in [5.74, 6) is 1.57. The van der Waals surface area contributed by atoms with Gasteiger partial charge in [0.2, 0.25) is 4.77 Å². The molecule has 1 heterocycles. The number of aromatic amines is 1. The molecule has 0 saturated heterocycles. The number of para-hydroxylation sites is 1. The normalized spacial score (nSPS) is 11.0. The fraction of sp³-hybridized carbons (Fsp3) is 0.167. The van der Waals surface area contributed by atoms with Gasteiger partial charge in [-0.15, -0.1) is 0 Å². The summed E-state index contributed by atoms with van der Waals surface area (Å²) in [4.78, 5) is 15.7. The molecule has 134 valence electrons. The molecule has 26 heavy (non-hydrogen) atoms. The first kappa shape index (κ1) is 17.7. The zero-order chi connectivity index (χ0) is 18.7. The number of methoxy groups -OCH3 is 3. The average Bonchev–Trinajstić information content (AvgIpc) is 2.67. The molecule has 0 atom stereocenters. The number of nitrogens with one attached hydrogen (secondary N) is 1. The fourth-order valence-electron chi connectivity index (χ4n) is 2.53. The fourth-order valence-corrected chi connectivity index (χ4v) is 2.77. The maximum atomic E-state index is 12.7. The molecule has 3 aromatic rings. The van der Waals surface area contributed by atoms with Crippen molar-refractivity contribution >= 4 is 29.3 Å². The Labute approximate surface area is 154 Å². The minimum atomic E-state index is -0.313. The minimum absolute atomic E-state index is 0.191. The van der Waals surface area contributed by atoms with Gasteiger partial charge < -0.3 is 19.2 Å². The Bertz CT molecular complexity index is 1080. The molecule has 0 radical (unpaired) electrons. The van der Waals surface area contributed by atoms with Gasteiger partial charge in [-0.1, -0.05) is 12.1 Å². The van der Waals surface area contributed by atoms with Crippen molar-refractivity contribution in [1.29, 1.82) is 0 Å². The molecule has 0 unspecified atom stereocenters. The smallest absolute Gasteiger partial charge is 0.282 e. The second-order valence-corrected chi connectivity index (χ2v) is 5.67. The summed E-state index contributed by atoms with van der Waals surface area (Å²) in [7, 11) is 4.61. The number of hydrogen-bond acceptors (Lipinski definition) is 6. The summed E-state index contributed by atoms with van der Waals surface area (Å²) >= 11 is 5.26. The SMILES string of the molecule is COc1cc(OC)c(/C=N\n2c(=S)[nH]c3ccccc3c2=O)c(OC)c1. The summed E-state index contributed by atoms with van der Waals surface area (Å²) in [6, 6.07) is 10.5. The molecule has 0 bridgehead atoms. The molecule has 7 nitrogen and oxygen atoms in total. The standard InChI is InChI=1S/C18H17N3O4S/c1-23-11-8-15(24-2)13(16(9-11)25-3)10-19-21-17(22)12-6-4-5-7-14(12)20-18(21)26/h4-10H,1-3H3,(H,20,26)/b19-10-. The third-order valence-electron chi connectivity index (χ3n) is 3.84. The van der Waals surface area contributed by atoms with Crippen LogP contribution >= 0.6 is 12.2 Å². The van der Waals surface area contributed by atoms with Gasteiger partial charge in [-0.3, -0.25) is 4.79 Å². The molecular formula is C18H17N3O4S. The van der Waals surface area contributed by atoms with E-state index < -0.39 is 0 Å². The van der Waals surface area contributed by atoms with Crippen LogP contribution in [0, 0.1) is 4.77 Å². The van der Waals surface area contributed by atoms with E-state index in [4.69, 9.17) is 26.4 Å². The maximum Gasteiger partial charge on any atom is 0.282 e. The van der Waals surface area contributed by atoms with Crippen LogP contribution in [0.3, 0.4) is 0 Å². The zero-order valence-electron chi connectivity index (χ0n) is 14.5. The van der Waals surface area contributed by atoms with Crippen molar-refractivity contribution in [2.45, 2.75) is 0 Å². The highest BCUT2D eigenvalue weighted by molar-refractivity contribution is 7.71. The van der Waals surface area contributed by atoms with Crippen LogP contribution < -0.4 is 19.8 Å². The highest BCUT2D eigenvalue weighted by atomic mass is 32.1. The van der Waals surface area contributed by atoms with Crippen molar-refractivity contribution in [3.05, 3.63) is 57.1 Å². The Morgan fingerprint density at radius 3 is 2.35 bits per heavy atom. The van der Waals surface area contributed by atoms with E-state index in [-0.39, 0.29) is 10.3 Å². The number of rotatable bonds is 5. The molecule has 2 aromatic carbocycles. The quantitative estimate of drug-likeness (QED) is 0.551. The predicted molar refractivity (Wildman–Crippen MR) is 102 cm³/mol. The Hall–Kier alpha value is -3.13. The van der Waals surface area contributed by atoms with Crippen molar-refractivity contribution in [1.82, 2.24) is 9.66 Å². The van der Waals surface area contributed by atoms with E-state index in [1.165, 1.54) is 20.4 Å². The van der Waals surface area contributed by atoms with Gasteiger partial charge in [0, 0.05) is 12.1 Å². The molecule has 8 heteroatoms. The second kappa shape index (κ2) is 7.40. The molecule has 0 aliphatic heterocycles. The van der Waals surface area contributed by atoms with Gasteiger partial charge in [-0.25, -0.2) is 0 Å². The van der Waals surface area contributed by atoms with Crippen LogP contribution in [-0.4, -0.2) is 37.2 Å². The van der Waals surface area contributed by atoms with E-state index >= 15 is 0 Å². The van der Waals surface area contributed by atoms with Gasteiger partial charge >= 0.3 is 0 Å². The number of H-pyrrole nitrogens is 1. The number of fused-ring (bicyclic) bond motifs is 1. The molecule has 0 fully saturated rings. The summed E-state index contributed by atoms with van der Waals surface area (Å²) in [5, 5.41) is 4.73. The molecular weight excluding hydrogens is 354 g/mol. The van der Waals surface area contributed by atoms with Crippen LogP contribution in [-0.2, 0) is 0 Å². The number of ether oxygens (including phenoxy) is 3. The van der Waals surface area contributed by atoms with Gasteiger partial charge in [0.15, 0.2) is 0 Å². The molecule has 3 rings (SSSR count). The summed E-state index contributed by atoms with van der Waals surface area (Å²) < 4.78 is 17.3. The predicted octanol–water partition coefficient (Wildman–Crippen LogP) is 2.97. The second-order valence-electron chi connectivity index (χ2n) is 5.28. The first-order chi connectivity index (χ1) is 12.6. The maximum absolute atomic E-state index is 12.7. The van der Waals surface area contributed by atoms with Gasteiger partial charge in [0.05, 0.1) is 44.0 Å². The van der Waals surface area contributed by atoms with Gasteiger partial charge in [0.25, 0.3) is 5.56 Å². The van der Waals surface area contributed by atoms with E-state index in [0.717, 1.165) is 4.68 Å². The monoisotopic (exact) mass is 371 g/mol. The molecule has 0 amide bonds. The van der Waals surface area contributed by atoms with E-state index in [1.807, 2.05) is 6.07 Å². The van der Waals surface area contributed by atoms with E-state index in [0.29, 0.717) is 33.7 Å². The van der Waals surface area contributed by atoms with E-state index in [2.05, 4.69) is 10.1 Å². The highest BCUT2D eigenvalue weighted by Gasteiger charge is 2.12. The lowest BCUT2D eigenvalue weighted by atomic mass is 10.2. The lowest BCUT2D eigenvalue weighted by Gasteiger charge is -2.12. The Morgan fingerprint density at radius 1 is 1.08 bits per heavy atom. The molecule has 0 spiro atoms. The zero-order valence-corrected chi connectivity index (χ0v) is 15.3. The van der Waals surface area contributed by atoms with Crippen LogP contribution in [0.25, 0.3) is 10.9 Å². The molecule has 0 aliphatic rings. The van der Waals surface area contributed by atoms with Crippen molar-refractivity contribution in [3.8, 4) is 17.2 Å². The summed E-state index contributed by atoms with van der Waals surface area (Å²) in [6.45, 7) is 0. The average molecular weight is 371 g/mol. The van der Waals surface area contributed by atoms with E-state index in [1.54, 1.807) is 37.4 Å². The van der Waals surface area contributed by atoms with E-state index in [9.17, 15) is 4.79 Å². The number of hydrogen-bond donors (Lipinski definition) is 1. The van der Waals surface area contributed by atoms with Crippen molar-refractivity contribution < 1.29 is 14.2 Å². The topological polar surface area (TPSA) is 77.8 Å². The molecule has 1 aromatic heterocycles. The Balaban J connectivity index is 2.16. The minimum Gasteiger partial charge on any atom is -0.496 e. The molecule has 0 saturated carbocycles. The van der Waals surface area contributed by atoms with Gasteiger partial charge in [-0.2, -0.15) is 9.78 Å². The third kappa shape index (κ3) is 3.18. The van der Waals surface area contributed by atoms with Crippen LogP contribution in [0.5, 0.6) is 17.2 Å². The first-order valence-electron chi connectivity index (χ1n) is 7.67. The molecule has 0 aliphatic carbocycles. The Kier molecular flexibility index (Phi) is 5.04. The van der Waals surface area contributed by atoms with Crippen molar-refractivity contribution in [2.24, 2.45) is 5.10 Å². The van der Waals surface area contributed by atoms with Crippen LogP contribution in [0.1, 0.15) is 5.56 Å². The van der Waals surface area contributed by atoms with Crippen LogP contribution in [0.4, 0.5) is 0 Å². The number of nitrogens with zero attached hydrogens (tertiary/aromatic N) is 2. The Morgan fingerprint density at radius 2 is 1.73 bits per heavy atom. The molecule has 1 N–H and O–H groups in total.